The van der Waals surface area contributed by atoms with E-state index >= 15 is 0 Å². The first kappa shape index (κ1) is 36.3. The number of rotatable bonds is 21. The van der Waals surface area contributed by atoms with Crippen LogP contribution >= 0.6 is 0 Å². The summed E-state index contributed by atoms with van der Waals surface area (Å²) in [7, 11) is 0. The average Bonchev–Trinajstić information content (AvgIpc) is 3.35. The van der Waals surface area contributed by atoms with Crippen molar-refractivity contribution in [2.45, 2.75) is 207 Å². The molecule has 4 rings (SSSR count). The fourth-order valence-electron chi connectivity index (χ4n) is 11.3. The number of hydrogen-bond acceptors (Lipinski definition) is 2. The normalized spacial score (nSPS) is 34.7. The van der Waals surface area contributed by atoms with Crippen molar-refractivity contribution >= 4 is 5.91 Å². The van der Waals surface area contributed by atoms with Gasteiger partial charge in [0.1, 0.15) is 0 Å². The molecule has 4 unspecified atom stereocenters. The zero-order valence-electron chi connectivity index (χ0n) is 29.8. The fraction of sp³-hybridized carbons (Fsp3) is 0.976. The van der Waals surface area contributed by atoms with E-state index < -0.39 is 0 Å². The number of aliphatic hydroxyl groups excluding tert-OH is 1. The van der Waals surface area contributed by atoms with E-state index in [1.807, 2.05) is 0 Å². The van der Waals surface area contributed by atoms with E-state index in [9.17, 15) is 9.90 Å². The van der Waals surface area contributed by atoms with E-state index in [-0.39, 0.29) is 6.10 Å². The van der Waals surface area contributed by atoms with E-state index in [2.05, 4.69) is 26.1 Å². The van der Waals surface area contributed by atoms with Crippen LogP contribution in [-0.2, 0) is 4.79 Å². The minimum absolute atomic E-state index is 0.0412. The van der Waals surface area contributed by atoms with Crippen LogP contribution in [0.3, 0.4) is 0 Å². The van der Waals surface area contributed by atoms with Crippen LogP contribution in [0, 0.1) is 40.4 Å². The molecule has 4 fully saturated rings. The Balaban J connectivity index is 0.986. The van der Waals surface area contributed by atoms with Gasteiger partial charge in [-0.25, -0.2) is 0 Å². The Hall–Kier alpha value is -0.570. The minimum atomic E-state index is -0.0412. The van der Waals surface area contributed by atoms with Gasteiger partial charge in [-0.3, -0.25) is 4.79 Å². The number of aliphatic hydroxyl groups is 1. The van der Waals surface area contributed by atoms with Crippen LogP contribution < -0.4 is 5.32 Å². The second kappa shape index (κ2) is 18.7. The summed E-state index contributed by atoms with van der Waals surface area (Å²) < 4.78 is 0. The maximum Gasteiger partial charge on any atom is 0.219 e. The molecule has 2 N–H and O–H groups in total. The lowest BCUT2D eigenvalue weighted by Crippen LogP contribution is -2.53. The second-order valence-corrected chi connectivity index (χ2v) is 16.9. The quantitative estimate of drug-likeness (QED) is 0.127. The Kier molecular flexibility index (Phi) is 15.4. The molecule has 256 valence electrons. The maximum absolute atomic E-state index is 12.6. The van der Waals surface area contributed by atoms with Gasteiger partial charge in [-0.2, -0.15) is 0 Å². The standard InChI is InChI=1S/C41H75NO2/c1-4-5-6-7-8-9-10-11-12-13-14-15-16-17-18-19-31-42-39(44)22-20-21-33-24-26-37-36-25-23-34-32-35(43)27-29-41(34,3)38(36)28-30-40(33,37)2/h33-38,43H,4-32H2,1-3H3,(H,42,44)/t33-,34?,35+,36?,37?,38?,40+,41-/m0/s1. The number of nitrogens with one attached hydrogen (secondary N) is 1. The number of carbonyl (C=O) groups is 1. The van der Waals surface area contributed by atoms with E-state index in [1.165, 1.54) is 148 Å². The van der Waals surface area contributed by atoms with E-state index in [1.54, 1.807) is 0 Å². The van der Waals surface area contributed by atoms with Crippen LogP contribution in [-0.4, -0.2) is 23.7 Å². The van der Waals surface area contributed by atoms with Gasteiger partial charge < -0.3 is 10.4 Å². The highest BCUT2D eigenvalue weighted by molar-refractivity contribution is 5.75. The lowest BCUT2D eigenvalue weighted by Gasteiger charge is -2.61. The third-order valence-corrected chi connectivity index (χ3v) is 14.1. The molecule has 0 radical (unpaired) electrons. The molecule has 3 heteroatoms. The zero-order valence-corrected chi connectivity index (χ0v) is 29.8. The topological polar surface area (TPSA) is 49.3 Å². The van der Waals surface area contributed by atoms with Gasteiger partial charge in [0.25, 0.3) is 0 Å². The monoisotopic (exact) mass is 614 g/mol. The highest BCUT2D eigenvalue weighted by Crippen LogP contribution is 2.67. The summed E-state index contributed by atoms with van der Waals surface area (Å²) in [5.41, 5.74) is 0.981. The third-order valence-electron chi connectivity index (χ3n) is 14.1. The van der Waals surface area contributed by atoms with Crippen LogP contribution in [0.4, 0.5) is 0 Å². The van der Waals surface area contributed by atoms with E-state index in [0.717, 1.165) is 68.2 Å². The molecule has 1 amide bonds. The summed E-state index contributed by atoms with van der Waals surface area (Å²) in [5, 5.41) is 13.6. The molecule has 0 aromatic rings. The van der Waals surface area contributed by atoms with Crippen molar-refractivity contribution in [2.75, 3.05) is 6.54 Å². The molecule has 0 aromatic heterocycles. The van der Waals surface area contributed by atoms with Crippen molar-refractivity contribution in [1.29, 1.82) is 0 Å². The van der Waals surface area contributed by atoms with Gasteiger partial charge in [-0.1, -0.05) is 117 Å². The first-order valence-electron chi connectivity index (χ1n) is 20.3. The Morgan fingerprint density at radius 2 is 1.23 bits per heavy atom. The predicted octanol–water partition coefficient (Wildman–Crippen LogP) is 11.6. The molecule has 4 aliphatic carbocycles. The first-order valence-corrected chi connectivity index (χ1v) is 20.3. The van der Waals surface area contributed by atoms with Crippen LogP contribution in [0.1, 0.15) is 201 Å². The average molecular weight is 614 g/mol. The smallest absolute Gasteiger partial charge is 0.219 e. The number of amides is 1. The lowest BCUT2D eigenvalue weighted by molar-refractivity contribution is -0.127. The molecular weight excluding hydrogens is 538 g/mol. The SMILES string of the molecule is CCCCCCCCCCCCCCCCCCNC(=O)CCC[C@H]1CCC2C3CCC4C[C@H](O)CC[C@]4(C)C3CC[C@@]21C. The molecule has 0 spiro atoms. The molecule has 0 heterocycles. The van der Waals surface area contributed by atoms with E-state index in [4.69, 9.17) is 0 Å². The van der Waals surface area contributed by atoms with Crippen molar-refractivity contribution in [1.82, 2.24) is 5.32 Å². The maximum atomic E-state index is 12.6. The van der Waals surface area contributed by atoms with Gasteiger partial charge in [-0.15, -0.1) is 0 Å². The van der Waals surface area contributed by atoms with Crippen molar-refractivity contribution in [3.8, 4) is 0 Å². The van der Waals surface area contributed by atoms with E-state index in [0.29, 0.717) is 16.7 Å². The second-order valence-electron chi connectivity index (χ2n) is 16.9. The van der Waals surface area contributed by atoms with Gasteiger partial charge in [0.2, 0.25) is 5.91 Å². The van der Waals surface area contributed by atoms with Crippen LogP contribution in [0.25, 0.3) is 0 Å². The summed E-state index contributed by atoms with van der Waals surface area (Å²) >= 11 is 0. The molecule has 8 atom stereocenters. The Morgan fingerprint density at radius 3 is 1.86 bits per heavy atom. The summed E-state index contributed by atoms with van der Waals surface area (Å²) in [5.74, 6) is 4.57. The van der Waals surface area contributed by atoms with Crippen LogP contribution in [0.2, 0.25) is 0 Å². The first-order chi connectivity index (χ1) is 21.4. The summed E-state index contributed by atoms with van der Waals surface area (Å²) in [6, 6.07) is 0. The molecule has 0 bridgehead atoms. The number of hydrogen-bond donors (Lipinski definition) is 2. The highest BCUT2D eigenvalue weighted by atomic mass is 16.3. The molecule has 0 aromatic carbocycles. The third kappa shape index (κ3) is 9.97. The van der Waals surface area contributed by atoms with Crippen molar-refractivity contribution in [3.05, 3.63) is 0 Å². The minimum Gasteiger partial charge on any atom is -0.393 e. The van der Waals surface area contributed by atoms with Crippen molar-refractivity contribution in [2.24, 2.45) is 40.4 Å². The summed E-state index contributed by atoms with van der Waals surface area (Å²) in [6.45, 7) is 8.42. The molecule has 44 heavy (non-hydrogen) atoms. The summed E-state index contributed by atoms with van der Waals surface area (Å²) in [4.78, 5) is 12.6. The fourth-order valence-corrected chi connectivity index (χ4v) is 11.3. The molecule has 4 saturated carbocycles. The number of fused-ring (bicyclic) bond motifs is 5. The molecular formula is C41H75NO2. The van der Waals surface area contributed by atoms with Crippen molar-refractivity contribution in [3.63, 3.8) is 0 Å². The summed E-state index contributed by atoms with van der Waals surface area (Å²) in [6.07, 6.45) is 37.0. The van der Waals surface area contributed by atoms with Crippen LogP contribution in [0.5, 0.6) is 0 Å². The predicted molar refractivity (Wildman–Crippen MR) is 188 cm³/mol. The molecule has 4 aliphatic rings. The number of carbonyl (C=O) groups excluding carboxylic acids is 1. The zero-order chi connectivity index (χ0) is 31.3. The lowest BCUT2D eigenvalue weighted by atomic mass is 9.44. The molecule has 3 nitrogen and oxygen atoms in total. The number of unbranched alkanes of at least 4 members (excludes halogenated alkanes) is 15. The van der Waals surface area contributed by atoms with Gasteiger partial charge >= 0.3 is 0 Å². The Bertz CT molecular complexity index is 812. The van der Waals surface area contributed by atoms with Gasteiger partial charge in [0.15, 0.2) is 0 Å². The van der Waals surface area contributed by atoms with Gasteiger partial charge in [-0.05, 0) is 117 Å². The Labute approximate surface area is 274 Å². The highest BCUT2D eigenvalue weighted by Gasteiger charge is 2.59. The van der Waals surface area contributed by atoms with Gasteiger partial charge in [0, 0.05) is 13.0 Å². The largest absolute Gasteiger partial charge is 0.393 e. The van der Waals surface area contributed by atoms with Crippen molar-refractivity contribution < 1.29 is 9.90 Å². The molecule has 0 aliphatic heterocycles. The Morgan fingerprint density at radius 1 is 0.659 bits per heavy atom. The van der Waals surface area contributed by atoms with Gasteiger partial charge in [0.05, 0.1) is 6.10 Å². The van der Waals surface area contributed by atoms with Crippen LogP contribution in [0.15, 0.2) is 0 Å². The molecule has 0 saturated heterocycles.